The van der Waals surface area contributed by atoms with Crippen molar-refractivity contribution < 1.29 is 72.9 Å². The van der Waals surface area contributed by atoms with E-state index in [0.29, 0.717) is 0 Å². The van der Waals surface area contributed by atoms with Gasteiger partial charge in [-0.2, -0.15) is 0 Å². The maximum absolute atomic E-state index is 8.52. The van der Waals surface area contributed by atoms with Crippen LogP contribution in [-0.4, -0.2) is 55.9 Å². The topological polar surface area (TPSA) is 301 Å². The van der Waals surface area contributed by atoms with Gasteiger partial charge in [0.05, 0.1) is 0 Å². The second-order valence-corrected chi connectivity index (χ2v) is 1.22. The van der Waals surface area contributed by atoms with Gasteiger partial charge in [0, 0.05) is 10.4 Å². The Morgan fingerprint density at radius 1 is 0.615 bits per heavy atom. The SMILES string of the molecule is O.O.O.O.O.O.O.O=S(=O)([O-])[O-].[Cu+2]. The van der Waals surface area contributed by atoms with Gasteiger partial charge in [0.15, 0.2) is 0 Å². The average Bonchev–Trinajstić information content (AvgIpc) is 0.722. The first kappa shape index (κ1) is 114. The van der Waals surface area contributed by atoms with Crippen molar-refractivity contribution in [3.63, 3.8) is 0 Å². The van der Waals surface area contributed by atoms with E-state index >= 15 is 0 Å². The van der Waals surface area contributed by atoms with Crippen molar-refractivity contribution >= 4 is 10.4 Å². The van der Waals surface area contributed by atoms with Gasteiger partial charge in [0.1, 0.15) is 0 Å². The van der Waals surface area contributed by atoms with Gasteiger partial charge in [0.2, 0.25) is 0 Å². The van der Waals surface area contributed by atoms with Crippen molar-refractivity contribution in [1.82, 2.24) is 0 Å². The van der Waals surface area contributed by atoms with Crippen LogP contribution < -0.4 is 0 Å². The molecule has 0 bridgehead atoms. The van der Waals surface area contributed by atoms with E-state index < -0.39 is 10.4 Å². The van der Waals surface area contributed by atoms with Gasteiger partial charge in [-0.05, 0) is 0 Å². The molecule has 0 saturated heterocycles. The molecule has 13 heteroatoms. The van der Waals surface area contributed by atoms with Crippen molar-refractivity contribution in [3.05, 3.63) is 0 Å². The summed E-state index contributed by atoms with van der Waals surface area (Å²) in [7, 11) is -5.17. The molecule has 1 radical (unpaired) electrons. The van der Waals surface area contributed by atoms with Gasteiger partial charge >= 0.3 is 17.1 Å². The number of hydrogen-bond acceptors (Lipinski definition) is 4. The summed E-state index contributed by atoms with van der Waals surface area (Å²) in [5, 5.41) is 0. The second kappa shape index (κ2) is 40.0. The summed E-state index contributed by atoms with van der Waals surface area (Å²) in [6.45, 7) is 0. The summed E-state index contributed by atoms with van der Waals surface area (Å²) in [5.74, 6) is 0. The van der Waals surface area contributed by atoms with Crippen LogP contribution >= 0.6 is 0 Å². The molecular formula is H14CuO11S. The van der Waals surface area contributed by atoms with Crippen LogP contribution in [0.2, 0.25) is 0 Å². The van der Waals surface area contributed by atoms with E-state index in [1.54, 1.807) is 0 Å². The zero-order valence-electron chi connectivity index (χ0n) is 5.84. The summed E-state index contributed by atoms with van der Waals surface area (Å²) >= 11 is 0. The predicted molar refractivity (Wildman–Crippen MR) is 35.8 cm³/mol. The third kappa shape index (κ3) is 103000. The summed E-state index contributed by atoms with van der Waals surface area (Å²) in [6.07, 6.45) is 0. The Labute approximate surface area is 84.0 Å². The van der Waals surface area contributed by atoms with Gasteiger partial charge in [-0.1, -0.05) is 0 Å². The molecule has 0 aromatic heterocycles. The summed E-state index contributed by atoms with van der Waals surface area (Å²) in [5.41, 5.74) is 0. The van der Waals surface area contributed by atoms with Crippen LogP contribution in [0.5, 0.6) is 0 Å². The minimum absolute atomic E-state index is 0. The minimum Gasteiger partial charge on any atom is -0.759 e. The maximum atomic E-state index is 8.52. The summed E-state index contributed by atoms with van der Waals surface area (Å²) in [6, 6.07) is 0. The van der Waals surface area contributed by atoms with Crippen molar-refractivity contribution in [2.24, 2.45) is 0 Å². The van der Waals surface area contributed by atoms with Crippen LogP contribution in [0, 0.1) is 0 Å². The Kier molecular flexibility index (Phi) is 351. The van der Waals surface area contributed by atoms with Crippen LogP contribution in [-0.2, 0) is 27.5 Å². The maximum Gasteiger partial charge on any atom is 2.00 e. The molecular weight excluding hydrogens is 272 g/mol. The Morgan fingerprint density at radius 2 is 0.615 bits per heavy atom. The van der Waals surface area contributed by atoms with E-state index in [2.05, 4.69) is 0 Å². The van der Waals surface area contributed by atoms with E-state index in [9.17, 15) is 0 Å². The Hall–Kier alpha value is 0.109. The first-order valence-corrected chi connectivity index (χ1v) is 2.00. The molecule has 0 aliphatic heterocycles. The van der Waals surface area contributed by atoms with Crippen molar-refractivity contribution in [3.8, 4) is 0 Å². The molecule has 0 heterocycles. The zero-order chi connectivity index (χ0) is 4.50. The number of rotatable bonds is 0. The molecule has 0 aromatic rings. The van der Waals surface area contributed by atoms with Crippen molar-refractivity contribution in [1.29, 1.82) is 0 Å². The molecule has 0 atom stereocenters. The monoisotopic (exact) mass is 285 g/mol. The van der Waals surface area contributed by atoms with Crippen LogP contribution in [0.3, 0.4) is 0 Å². The third-order valence-electron chi connectivity index (χ3n) is 0. The van der Waals surface area contributed by atoms with E-state index in [-0.39, 0.29) is 55.4 Å². The van der Waals surface area contributed by atoms with Crippen molar-refractivity contribution in [2.75, 3.05) is 0 Å². The molecule has 0 unspecified atom stereocenters. The first-order valence-electron chi connectivity index (χ1n) is 0.667. The molecule has 0 spiro atoms. The second-order valence-electron chi connectivity index (χ2n) is 0.408. The Balaban J connectivity index is -0.00000000286. The third-order valence-corrected chi connectivity index (χ3v) is 0. The van der Waals surface area contributed by atoms with Crippen LogP contribution in [0.1, 0.15) is 0 Å². The fourth-order valence-electron chi connectivity index (χ4n) is 0. The van der Waals surface area contributed by atoms with Crippen molar-refractivity contribution in [2.45, 2.75) is 0 Å². The molecule has 13 heavy (non-hydrogen) atoms. The standard InChI is InChI=1S/Cu.H2O4S.7H2O/c;1-5(2,3)4;;;;;;;/h;(H2,1,2,3,4);7*1H2/q+2;;;;;;;;/p-2. The quantitative estimate of drug-likeness (QED) is 0.237. The molecule has 0 amide bonds. The average molecular weight is 286 g/mol. The van der Waals surface area contributed by atoms with Crippen LogP contribution in [0.15, 0.2) is 0 Å². The zero-order valence-corrected chi connectivity index (χ0v) is 7.60. The van der Waals surface area contributed by atoms with Crippen LogP contribution in [0.25, 0.3) is 0 Å². The van der Waals surface area contributed by atoms with E-state index in [1.807, 2.05) is 0 Å². The van der Waals surface area contributed by atoms with E-state index in [4.69, 9.17) is 17.5 Å². The Morgan fingerprint density at radius 3 is 0.615 bits per heavy atom. The summed E-state index contributed by atoms with van der Waals surface area (Å²) < 4.78 is 34.1. The fraction of sp³-hybridized carbons (Fsp3) is 0. The van der Waals surface area contributed by atoms with Gasteiger partial charge < -0.3 is 47.4 Å². The van der Waals surface area contributed by atoms with E-state index in [1.165, 1.54) is 0 Å². The molecule has 0 rings (SSSR count). The molecule has 0 fully saturated rings. The smallest absolute Gasteiger partial charge is 0.759 e. The van der Waals surface area contributed by atoms with Crippen LogP contribution in [0.4, 0.5) is 0 Å². The molecule has 0 aromatic carbocycles. The molecule has 11 nitrogen and oxygen atoms in total. The van der Waals surface area contributed by atoms with Gasteiger partial charge in [-0.15, -0.1) is 0 Å². The fourth-order valence-corrected chi connectivity index (χ4v) is 0. The van der Waals surface area contributed by atoms with Gasteiger partial charge in [-0.25, -0.2) is 0 Å². The van der Waals surface area contributed by atoms with E-state index in [0.717, 1.165) is 0 Å². The van der Waals surface area contributed by atoms with Gasteiger partial charge in [0.25, 0.3) is 0 Å². The predicted octanol–water partition coefficient (Wildman–Crippen LogP) is -7.11. The number of hydrogen-bond donors (Lipinski definition) is 0. The molecule has 97 valence electrons. The molecule has 0 saturated carbocycles. The molecule has 0 aliphatic carbocycles. The van der Waals surface area contributed by atoms with Gasteiger partial charge in [-0.3, -0.25) is 8.42 Å². The normalized spacial score (nSPS) is 4.46. The minimum atomic E-state index is -5.17. The molecule has 0 aliphatic rings. The largest absolute Gasteiger partial charge is 2.00 e. The summed E-state index contributed by atoms with van der Waals surface area (Å²) in [4.78, 5) is 0. The first-order chi connectivity index (χ1) is 2.00. The molecule has 14 N–H and O–H groups in total. The Bertz CT molecular complexity index is 93.3.